The summed E-state index contributed by atoms with van der Waals surface area (Å²) in [5.74, 6) is 0.168. The standard InChI is InChI=1S/C17H26N2O/c1-12-6-7-15(13(2)9-12)10-14(3)19-17(20)11-16-5-4-8-18-16/h6-7,9,14,16,18H,4-5,8,10-11H2,1-3H3,(H,19,20). The molecule has 110 valence electrons. The van der Waals surface area contributed by atoms with E-state index in [4.69, 9.17) is 0 Å². The molecule has 1 aliphatic heterocycles. The van der Waals surface area contributed by atoms with Gasteiger partial charge < -0.3 is 10.6 Å². The average Bonchev–Trinajstić information content (AvgIpc) is 2.85. The fraction of sp³-hybridized carbons (Fsp3) is 0.588. The van der Waals surface area contributed by atoms with Crippen LogP contribution in [0.1, 0.15) is 42.9 Å². The maximum Gasteiger partial charge on any atom is 0.221 e. The van der Waals surface area contributed by atoms with Gasteiger partial charge in [-0.25, -0.2) is 0 Å². The van der Waals surface area contributed by atoms with Crippen LogP contribution in [0.2, 0.25) is 0 Å². The highest BCUT2D eigenvalue weighted by molar-refractivity contribution is 5.76. The first-order chi connectivity index (χ1) is 9.54. The first-order valence-corrected chi connectivity index (χ1v) is 7.63. The van der Waals surface area contributed by atoms with E-state index in [1.54, 1.807) is 0 Å². The minimum atomic E-state index is 0.168. The molecule has 0 radical (unpaired) electrons. The second kappa shape index (κ2) is 6.89. The summed E-state index contributed by atoms with van der Waals surface area (Å²) >= 11 is 0. The van der Waals surface area contributed by atoms with Crippen molar-refractivity contribution in [3.8, 4) is 0 Å². The normalized spacial score (nSPS) is 19.9. The van der Waals surface area contributed by atoms with Gasteiger partial charge in [-0.1, -0.05) is 23.8 Å². The lowest BCUT2D eigenvalue weighted by Gasteiger charge is -2.17. The third kappa shape index (κ3) is 4.34. The molecule has 0 spiro atoms. The zero-order chi connectivity index (χ0) is 14.5. The van der Waals surface area contributed by atoms with Crippen molar-refractivity contribution >= 4 is 5.91 Å². The monoisotopic (exact) mass is 274 g/mol. The predicted molar refractivity (Wildman–Crippen MR) is 82.9 cm³/mol. The van der Waals surface area contributed by atoms with E-state index in [0.717, 1.165) is 19.4 Å². The second-order valence-electron chi connectivity index (χ2n) is 6.10. The van der Waals surface area contributed by atoms with Gasteiger partial charge in [0.2, 0.25) is 5.91 Å². The summed E-state index contributed by atoms with van der Waals surface area (Å²) in [5.41, 5.74) is 3.92. The van der Waals surface area contributed by atoms with Gasteiger partial charge in [-0.05, 0) is 57.7 Å². The van der Waals surface area contributed by atoms with Crippen molar-refractivity contribution in [3.63, 3.8) is 0 Å². The lowest BCUT2D eigenvalue weighted by molar-refractivity contribution is -0.122. The summed E-state index contributed by atoms with van der Waals surface area (Å²) in [6, 6.07) is 7.07. The Morgan fingerprint density at radius 1 is 1.45 bits per heavy atom. The van der Waals surface area contributed by atoms with Crippen LogP contribution in [0.5, 0.6) is 0 Å². The van der Waals surface area contributed by atoms with E-state index in [2.05, 4.69) is 49.6 Å². The average molecular weight is 274 g/mol. The molecule has 1 aromatic rings. The molecule has 1 fully saturated rings. The molecule has 0 aromatic heterocycles. The minimum Gasteiger partial charge on any atom is -0.353 e. The van der Waals surface area contributed by atoms with Crippen LogP contribution < -0.4 is 10.6 Å². The molecule has 2 unspecified atom stereocenters. The number of amides is 1. The van der Waals surface area contributed by atoms with E-state index >= 15 is 0 Å². The maximum atomic E-state index is 12.0. The van der Waals surface area contributed by atoms with Crippen LogP contribution in [0.15, 0.2) is 18.2 Å². The number of carbonyl (C=O) groups excluding carboxylic acids is 1. The SMILES string of the molecule is Cc1ccc(CC(C)NC(=O)CC2CCCN2)c(C)c1. The summed E-state index contributed by atoms with van der Waals surface area (Å²) in [6.45, 7) is 7.38. The van der Waals surface area contributed by atoms with E-state index in [0.29, 0.717) is 12.5 Å². The Labute approximate surface area is 122 Å². The summed E-state index contributed by atoms with van der Waals surface area (Å²) < 4.78 is 0. The van der Waals surface area contributed by atoms with Gasteiger partial charge >= 0.3 is 0 Å². The molecule has 1 heterocycles. The molecule has 2 atom stereocenters. The van der Waals surface area contributed by atoms with Gasteiger partial charge in [-0.15, -0.1) is 0 Å². The zero-order valence-corrected chi connectivity index (χ0v) is 12.8. The molecule has 0 aliphatic carbocycles. The van der Waals surface area contributed by atoms with Crippen molar-refractivity contribution in [2.45, 2.75) is 58.5 Å². The van der Waals surface area contributed by atoms with E-state index in [1.165, 1.54) is 23.1 Å². The van der Waals surface area contributed by atoms with Crippen LogP contribution in [0.3, 0.4) is 0 Å². The van der Waals surface area contributed by atoms with Crippen LogP contribution >= 0.6 is 0 Å². The Balaban J connectivity index is 1.82. The van der Waals surface area contributed by atoms with Crippen molar-refractivity contribution in [2.75, 3.05) is 6.54 Å². The van der Waals surface area contributed by atoms with Crippen molar-refractivity contribution in [1.82, 2.24) is 10.6 Å². The first kappa shape index (κ1) is 15.0. The Bertz CT molecular complexity index is 464. The molecule has 2 N–H and O–H groups in total. The first-order valence-electron chi connectivity index (χ1n) is 7.63. The van der Waals surface area contributed by atoms with E-state index in [-0.39, 0.29) is 11.9 Å². The van der Waals surface area contributed by atoms with Crippen LogP contribution in [-0.2, 0) is 11.2 Å². The fourth-order valence-electron chi connectivity index (χ4n) is 2.94. The zero-order valence-electron chi connectivity index (χ0n) is 12.8. The number of carbonyl (C=O) groups is 1. The second-order valence-corrected chi connectivity index (χ2v) is 6.10. The molecule has 20 heavy (non-hydrogen) atoms. The van der Waals surface area contributed by atoms with Gasteiger partial charge in [0.25, 0.3) is 0 Å². The molecule has 1 aromatic carbocycles. The largest absolute Gasteiger partial charge is 0.353 e. The maximum absolute atomic E-state index is 12.0. The predicted octanol–water partition coefficient (Wildman–Crippen LogP) is 2.49. The van der Waals surface area contributed by atoms with Crippen LogP contribution in [0.4, 0.5) is 0 Å². The summed E-state index contributed by atoms with van der Waals surface area (Å²) in [7, 11) is 0. The Morgan fingerprint density at radius 2 is 2.25 bits per heavy atom. The van der Waals surface area contributed by atoms with Gasteiger partial charge in [-0.3, -0.25) is 4.79 Å². The summed E-state index contributed by atoms with van der Waals surface area (Å²) in [6.07, 6.45) is 3.82. The quantitative estimate of drug-likeness (QED) is 0.866. The number of hydrogen-bond donors (Lipinski definition) is 2. The molecular formula is C17H26N2O. The highest BCUT2D eigenvalue weighted by atomic mass is 16.1. The molecule has 2 rings (SSSR count). The summed E-state index contributed by atoms with van der Waals surface area (Å²) in [4.78, 5) is 12.0. The Kier molecular flexibility index (Phi) is 5.18. The molecular weight excluding hydrogens is 248 g/mol. The topological polar surface area (TPSA) is 41.1 Å². The van der Waals surface area contributed by atoms with Crippen molar-refractivity contribution in [1.29, 1.82) is 0 Å². The Hall–Kier alpha value is -1.35. The molecule has 1 saturated heterocycles. The third-order valence-corrected chi connectivity index (χ3v) is 4.03. The van der Waals surface area contributed by atoms with Gasteiger partial charge in [0, 0.05) is 18.5 Å². The van der Waals surface area contributed by atoms with Gasteiger partial charge in [-0.2, -0.15) is 0 Å². The van der Waals surface area contributed by atoms with Gasteiger partial charge in [0.15, 0.2) is 0 Å². The number of hydrogen-bond acceptors (Lipinski definition) is 2. The van der Waals surface area contributed by atoms with Crippen LogP contribution in [-0.4, -0.2) is 24.5 Å². The van der Waals surface area contributed by atoms with Gasteiger partial charge in [0.05, 0.1) is 0 Å². The molecule has 3 heteroatoms. The summed E-state index contributed by atoms with van der Waals surface area (Å²) in [5, 5.41) is 6.48. The van der Waals surface area contributed by atoms with E-state index in [1.807, 2.05) is 0 Å². The van der Waals surface area contributed by atoms with Crippen molar-refractivity contribution < 1.29 is 4.79 Å². The van der Waals surface area contributed by atoms with Crippen LogP contribution in [0.25, 0.3) is 0 Å². The van der Waals surface area contributed by atoms with Crippen molar-refractivity contribution in [3.05, 3.63) is 34.9 Å². The lowest BCUT2D eigenvalue weighted by Crippen LogP contribution is -2.37. The highest BCUT2D eigenvalue weighted by Crippen LogP contribution is 2.13. The lowest BCUT2D eigenvalue weighted by atomic mass is 10.00. The van der Waals surface area contributed by atoms with Crippen molar-refractivity contribution in [2.24, 2.45) is 0 Å². The van der Waals surface area contributed by atoms with E-state index < -0.39 is 0 Å². The molecule has 1 aliphatic rings. The number of rotatable bonds is 5. The fourth-order valence-corrected chi connectivity index (χ4v) is 2.94. The number of nitrogens with one attached hydrogen (secondary N) is 2. The van der Waals surface area contributed by atoms with E-state index in [9.17, 15) is 4.79 Å². The van der Waals surface area contributed by atoms with Crippen LogP contribution in [0, 0.1) is 13.8 Å². The molecule has 3 nitrogen and oxygen atoms in total. The smallest absolute Gasteiger partial charge is 0.221 e. The molecule has 0 saturated carbocycles. The molecule has 0 bridgehead atoms. The minimum absolute atomic E-state index is 0.168. The number of benzene rings is 1. The third-order valence-electron chi connectivity index (χ3n) is 4.03. The highest BCUT2D eigenvalue weighted by Gasteiger charge is 2.18. The Morgan fingerprint density at radius 3 is 2.90 bits per heavy atom. The molecule has 1 amide bonds. The number of aryl methyl sites for hydroxylation is 2. The van der Waals surface area contributed by atoms with Gasteiger partial charge in [0.1, 0.15) is 0 Å².